The number of carbonyl (C=O) groups is 1. The molecule has 2 aromatic rings. The third-order valence-corrected chi connectivity index (χ3v) is 4.64. The van der Waals surface area contributed by atoms with E-state index in [-0.39, 0.29) is 5.69 Å². The van der Waals surface area contributed by atoms with Gasteiger partial charge in [0.2, 0.25) is 0 Å². The normalized spacial score (nSPS) is 14.2. The minimum absolute atomic E-state index is 0.240. The predicted molar refractivity (Wildman–Crippen MR) is 101 cm³/mol. The van der Waals surface area contributed by atoms with Gasteiger partial charge in [-0.05, 0) is 18.8 Å². The summed E-state index contributed by atoms with van der Waals surface area (Å²) in [5, 5.41) is 15.2. The van der Waals surface area contributed by atoms with Crippen molar-refractivity contribution < 1.29 is 9.53 Å². The molecule has 140 valence electrons. The molecule has 27 heavy (non-hydrogen) atoms. The lowest BCUT2D eigenvalue weighted by Crippen LogP contribution is -2.19. The molecule has 1 aliphatic rings. The Balaban J connectivity index is 1.76. The Bertz CT molecular complexity index is 825. The summed E-state index contributed by atoms with van der Waals surface area (Å²) < 4.78 is 4.86. The molecule has 2 aromatic heterocycles. The first-order valence-electron chi connectivity index (χ1n) is 9.01. The molecule has 1 saturated carbocycles. The molecule has 0 atom stereocenters. The van der Waals surface area contributed by atoms with Gasteiger partial charge >= 0.3 is 5.97 Å². The standard InChI is InChI=1S/C19H22N6O2/c1-27-19(26)15-11-24-17(25-18-12-21-14(8-20)10-23-18)7-16(15)22-9-13-5-3-2-4-6-13/h7,10-13H,2-6,9H2,1H3,(H2,22,23,24,25). The average Bonchev–Trinajstić information content (AvgIpc) is 2.73. The number of aromatic nitrogens is 3. The van der Waals surface area contributed by atoms with E-state index in [0.717, 1.165) is 6.54 Å². The van der Waals surface area contributed by atoms with Gasteiger partial charge in [-0.25, -0.2) is 19.7 Å². The highest BCUT2D eigenvalue weighted by atomic mass is 16.5. The highest BCUT2D eigenvalue weighted by Crippen LogP contribution is 2.26. The fourth-order valence-electron chi connectivity index (χ4n) is 3.17. The van der Waals surface area contributed by atoms with E-state index in [4.69, 9.17) is 10.00 Å². The number of hydrogen-bond acceptors (Lipinski definition) is 8. The minimum Gasteiger partial charge on any atom is -0.465 e. The minimum atomic E-state index is -0.432. The zero-order valence-corrected chi connectivity index (χ0v) is 15.2. The molecule has 0 unspecified atom stereocenters. The Labute approximate surface area is 158 Å². The summed E-state index contributed by atoms with van der Waals surface area (Å²) >= 11 is 0. The maximum atomic E-state index is 12.0. The SMILES string of the molecule is COC(=O)c1cnc(Nc2cnc(C#N)cn2)cc1NCC1CCCCC1. The van der Waals surface area contributed by atoms with Crippen LogP contribution in [-0.2, 0) is 4.74 Å². The Morgan fingerprint density at radius 1 is 1.19 bits per heavy atom. The molecule has 2 N–H and O–H groups in total. The second-order valence-electron chi connectivity index (χ2n) is 6.52. The summed E-state index contributed by atoms with van der Waals surface area (Å²) in [4.78, 5) is 24.4. The van der Waals surface area contributed by atoms with Crippen LogP contribution in [0.1, 0.15) is 48.2 Å². The fourth-order valence-corrected chi connectivity index (χ4v) is 3.17. The third kappa shape index (κ3) is 4.91. The number of anilines is 3. The molecule has 0 aliphatic heterocycles. The van der Waals surface area contributed by atoms with Gasteiger partial charge in [-0.2, -0.15) is 5.26 Å². The summed E-state index contributed by atoms with van der Waals surface area (Å²) in [5.41, 5.74) is 1.31. The van der Waals surface area contributed by atoms with Crippen LogP contribution in [0.2, 0.25) is 0 Å². The Kier molecular flexibility index (Phi) is 6.15. The van der Waals surface area contributed by atoms with E-state index in [0.29, 0.717) is 28.8 Å². The van der Waals surface area contributed by atoms with E-state index in [1.165, 1.54) is 57.8 Å². The fraction of sp³-hybridized carbons (Fsp3) is 0.421. The quantitative estimate of drug-likeness (QED) is 0.749. The first-order chi connectivity index (χ1) is 13.2. The Hall–Kier alpha value is -3.21. The van der Waals surface area contributed by atoms with Crippen LogP contribution < -0.4 is 10.6 Å². The van der Waals surface area contributed by atoms with Gasteiger partial charge in [-0.15, -0.1) is 0 Å². The van der Waals surface area contributed by atoms with Crippen molar-refractivity contribution >= 4 is 23.3 Å². The van der Waals surface area contributed by atoms with E-state index in [2.05, 4.69) is 25.6 Å². The van der Waals surface area contributed by atoms with E-state index in [1.807, 2.05) is 6.07 Å². The van der Waals surface area contributed by atoms with E-state index in [9.17, 15) is 4.79 Å². The van der Waals surface area contributed by atoms with Gasteiger partial charge in [-0.3, -0.25) is 0 Å². The number of methoxy groups -OCH3 is 1. The molecule has 0 amide bonds. The molecule has 0 aromatic carbocycles. The average molecular weight is 366 g/mol. The number of hydrogen-bond donors (Lipinski definition) is 2. The number of nitrogens with zero attached hydrogens (tertiary/aromatic N) is 4. The highest BCUT2D eigenvalue weighted by molar-refractivity contribution is 5.95. The molecule has 2 heterocycles. The predicted octanol–water partition coefficient (Wildman–Crippen LogP) is 3.27. The summed E-state index contributed by atoms with van der Waals surface area (Å²) in [6.07, 6.45) is 10.6. The first-order valence-corrected chi connectivity index (χ1v) is 9.01. The van der Waals surface area contributed by atoms with E-state index < -0.39 is 5.97 Å². The van der Waals surface area contributed by atoms with Gasteiger partial charge in [0.05, 0.1) is 25.2 Å². The van der Waals surface area contributed by atoms with E-state index >= 15 is 0 Å². The zero-order valence-electron chi connectivity index (χ0n) is 15.2. The number of nitrogens with one attached hydrogen (secondary N) is 2. The van der Waals surface area contributed by atoms with Crippen molar-refractivity contribution in [2.75, 3.05) is 24.3 Å². The van der Waals surface area contributed by atoms with Crippen molar-refractivity contribution in [3.05, 3.63) is 35.9 Å². The molecule has 8 heteroatoms. The van der Waals surface area contributed by atoms with Crippen molar-refractivity contribution in [3.63, 3.8) is 0 Å². The number of ether oxygens (including phenoxy) is 1. The van der Waals surface area contributed by atoms with Crippen LogP contribution in [0, 0.1) is 17.2 Å². The number of esters is 1. The maximum Gasteiger partial charge on any atom is 0.341 e. The maximum absolute atomic E-state index is 12.0. The Morgan fingerprint density at radius 2 is 1.96 bits per heavy atom. The second-order valence-corrected chi connectivity index (χ2v) is 6.52. The van der Waals surface area contributed by atoms with Crippen molar-refractivity contribution in [3.8, 4) is 6.07 Å². The van der Waals surface area contributed by atoms with Crippen LogP contribution >= 0.6 is 0 Å². The van der Waals surface area contributed by atoms with Crippen LogP contribution in [0.4, 0.5) is 17.3 Å². The number of rotatable bonds is 6. The lowest BCUT2D eigenvalue weighted by molar-refractivity contribution is 0.0601. The van der Waals surface area contributed by atoms with Gasteiger partial charge in [-0.1, -0.05) is 19.3 Å². The van der Waals surface area contributed by atoms with Crippen LogP contribution in [0.3, 0.4) is 0 Å². The topological polar surface area (TPSA) is 113 Å². The summed E-state index contributed by atoms with van der Waals surface area (Å²) in [6.45, 7) is 0.810. The van der Waals surface area contributed by atoms with E-state index in [1.54, 1.807) is 6.07 Å². The van der Waals surface area contributed by atoms with Crippen molar-refractivity contribution in [2.24, 2.45) is 5.92 Å². The largest absolute Gasteiger partial charge is 0.465 e. The van der Waals surface area contributed by atoms with Crippen molar-refractivity contribution in [1.29, 1.82) is 5.26 Å². The van der Waals surface area contributed by atoms with Gasteiger partial charge in [0.25, 0.3) is 0 Å². The summed E-state index contributed by atoms with van der Waals surface area (Å²) in [6, 6.07) is 3.68. The van der Waals surface area contributed by atoms with Gasteiger partial charge < -0.3 is 15.4 Å². The molecule has 0 radical (unpaired) electrons. The molecule has 1 fully saturated rings. The number of nitriles is 1. The van der Waals surface area contributed by atoms with Gasteiger partial charge in [0.15, 0.2) is 5.69 Å². The molecule has 3 rings (SSSR count). The molecule has 0 spiro atoms. The second kappa shape index (κ2) is 8.94. The third-order valence-electron chi connectivity index (χ3n) is 4.64. The molecular formula is C19H22N6O2. The van der Waals surface area contributed by atoms with Crippen LogP contribution in [0.25, 0.3) is 0 Å². The van der Waals surface area contributed by atoms with Crippen LogP contribution in [-0.4, -0.2) is 34.6 Å². The number of pyridine rings is 1. The smallest absolute Gasteiger partial charge is 0.341 e. The van der Waals surface area contributed by atoms with Gasteiger partial charge in [0.1, 0.15) is 23.3 Å². The lowest BCUT2D eigenvalue weighted by atomic mass is 9.89. The van der Waals surface area contributed by atoms with Crippen LogP contribution in [0.5, 0.6) is 0 Å². The number of carbonyl (C=O) groups excluding carboxylic acids is 1. The van der Waals surface area contributed by atoms with Crippen LogP contribution in [0.15, 0.2) is 24.7 Å². The lowest BCUT2D eigenvalue weighted by Gasteiger charge is -2.23. The summed E-state index contributed by atoms with van der Waals surface area (Å²) in [5.74, 6) is 1.16. The van der Waals surface area contributed by atoms with Crippen molar-refractivity contribution in [1.82, 2.24) is 15.0 Å². The molecule has 0 saturated heterocycles. The van der Waals surface area contributed by atoms with Gasteiger partial charge in [0, 0.05) is 18.8 Å². The highest BCUT2D eigenvalue weighted by Gasteiger charge is 2.17. The summed E-state index contributed by atoms with van der Waals surface area (Å²) in [7, 11) is 1.35. The zero-order chi connectivity index (χ0) is 19.1. The molecule has 8 nitrogen and oxygen atoms in total. The van der Waals surface area contributed by atoms with Crippen molar-refractivity contribution in [2.45, 2.75) is 32.1 Å². The monoisotopic (exact) mass is 366 g/mol. The Morgan fingerprint density at radius 3 is 2.63 bits per heavy atom. The molecular weight excluding hydrogens is 344 g/mol. The molecule has 0 bridgehead atoms. The first kappa shape index (κ1) is 18.6. The molecule has 1 aliphatic carbocycles.